The van der Waals surface area contributed by atoms with Crippen molar-refractivity contribution in [2.75, 3.05) is 19.7 Å². The highest BCUT2D eigenvalue weighted by molar-refractivity contribution is 6.28. The van der Waals surface area contributed by atoms with Gasteiger partial charge in [-0.3, -0.25) is 0 Å². The van der Waals surface area contributed by atoms with Crippen LogP contribution in [0.2, 0.25) is 5.28 Å². The van der Waals surface area contributed by atoms with Gasteiger partial charge in [-0.05, 0) is 51.8 Å². The molecule has 0 N–H and O–H groups in total. The van der Waals surface area contributed by atoms with Crippen molar-refractivity contribution in [2.45, 2.75) is 51.9 Å². The Bertz CT molecular complexity index is 786. The van der Waals surface area contributed by atoms with E-state index in [1.165, 1.54) is 0 Å². The van der Waals surface area contributed by atoms with Gasteiger partial charge in [0.15, 0.2) is 0 Å². The molecule has 1 amide bonds. The van der Waals surface area contributed by atoms with Crippen molar-refractivity contribution in [3.8, 4) is 0 Å². The molecule has 0 radical (unpaired) electrons. The number of amides is 1. The molecule has 0 aromatic carbocycles. The highest BCUT2D eigenvalue weighted by Crippen LogP contribution is 2.30. The van der Waals surface area contributed by atoms with Crippen LogP contribution in [-0.2, 0) is 9.47 Å². The summed E-state index contributed by atoms with van der Waals surface area (Å²) in [5.41, 5.74) is 0.268. The fourth-order valence-electron chi connectivity index (χ4n) is 3.28. The molecule has 3 heterocycles. The van der Waals surface area contributed by atoms with Crippen molar-refractivity contribution in [1.82, 2.24) is 19.4 Å². The number of hydrogen-bond donors (Lipinski definition) is 0. The highest BCUT2D eigenvalue weighted by Gasteiger charge is 2.35. The Hall–Kier alpha value is -1.86. The lowest BCUT2D eigenvalue weighted by Gasteiger charge is -2.39. The number of fused-ring (bicyclic) bond motifs is 1. The summed E-state index contributed by atoms with van der Waals surface area (Å²) in [6.07, 6.45) is 3.99. The molecule has 2 aromatic heterocycles. The van der Waals surface area contributed by atoms with E-state index in [0.29, 0.717) is 19.7 Å². The van der Waals surface area contributed by atoms with E-state index >= 15 is 0 Å². The third kappa shape index (κ3) is 4.10. The van der Waals surface area contributed by atoms with Crippen molar-refractivity contribution in [3.63, 3.8) is 0 Å². The molecule has 0 saturated carbocycles. The minimum Gasteiger partial charge on any atom is -0.444 e. The van der Waals surface area contributed by atoms with Crippen LogP contribution < -0.4 is 0 Å². The fourth-order valence-corrected chi connectivity index (χ4v) is 3.41. The molecular weight excluding hydrogens is 356 g/mol. The third-order valence-electron chi connectivity index (χ3n) is 4.34. The number of ether oxygens (including phenoxy) is 2. The molecule has 2 aromatic rings. The van der Waals surface area contributed by atoms with E-state index in [-0.39, 0.29) is 23.5 Å². The second-order valence-corrected chi connectivity index (χ2v) is 7.76. The summed E-state index contributed by atoms with van der Waals surface area (Å²) < 4.78 is 13.5. The topological polar surface area (TPSA) is 69.5 Å². The summed E-state index contributed by atoms with van der Waals surface area (Å²) in [4.78, 5) is 22.5. The molecule has 1 aliphatic heterocycles. The summed E-state index contributed by atoms with van der Waals surface area (Å²) in [5, 5.41) is 1.15. The van der Waals surface area contributed by atoms with Gasteiger partial charge < -0.3 is 18.9 Å². The molecule has 142 valence electrons. The maximum atomic E-state index is 12.4. The maximum Gasteiger partial charge on any atom is 0.410 e. The van der Waals surface area contributed by atoms with Crippen LogP contribution in [0.25, 0.3) is 11.0 Å². The fraction of sp³-hybridized carbons (Fsp3) is 0.611. The highest BCUT2D eigenvalue weighted by atomic mass is 35.5. The van der Waals surface area contributed by atoms with E-state index in [1.54, 1.807) is 11.1 Å². The minimum absolute atomic E-state index is 0.0668. The average Bonchev–Trinajstić information content (AvgIpc) is 2.96. The number of carbonyl (C=O) groups excluding carboxylic acids is 1. The Morgan fingerprint density at radius 2 is 2.19 bits per heavy atom. The molecule has 3 rings (SSSR count). The number of aromatic nitrogens is 3. The molecule has 7 nitrogen and oxygen atoms in total. The number of piperidine rings is 1. The number of likely N-dealkylation sites (tertiary alicyclic amines) is 1. The standard InChI is InChI=1S/C18H25ClN4O3/c1-5-25-14-11-22(17(24)26-18(2,3)4)8-7-13(14)23-9-6-12-10-20-16(19)21-15(12)23/h6,9-10,13-14H,5,7-8,11H2,1-4H3/t13-,14-/m0/s1. The lowest BCUT2D eigenvalue weighted by atomic mass is 10.0. The molecule has 0 aliphatic carbocycles. The quantitative estimate of drug-likeness (QED) is 0.760. The number of rotatable bonds is 3. The van der Waals surface area contributed by atoms with Crippen LogP contribution in [0.4, 0.5) is 4.79 Å². The van der Waals surface area contributed by atoms with Crippen molar-refractivity contribution in [2.24, 2.45) is 0 Å². The van der Waals surface area contributed by atoms with Crippen LogP contribution in [0.1, 0.15) is 40.2 Å². The number of carbonyl (C=O) groups is 1. The van der Waals surface area contributed by atoms with E-state index in [9.17, 15) is 4.79 Å². The molecule has 1 saturated heterocycles. The summed E-state index contributed by atoms with van der Waals surface area (Å²) in [6.45, 7) is 9.20. The number of hydrogen-bond acceptors (Lipinski definition) is 5. The van der Waals surface area contributed by atoms with E-state index in [4.69, 9.17) is 21.1 Å². The van der Waals surface area contributed by atoms with Gasteiger partial charge in [-0.2, -0.15) is 4.98 Å². The number of nitrogens with zero attached hydrogens (tertiary/aromatic N) is 4. The molecule has 1 aliphatic rings. The summed E-state index contributed by atoms with van der Waals surface area (Å²) in [7, 11) is 0. The molecule has 8 heteroatoms. The zero-order valence-corrected chi connectivity index (χ0v) is 16.4. The van der Waals surface area contributed by atoms with Crippen LogP contribution in [0.15, 0.2) is 18.5 Å². The summed E-state index contributed by atoms with van der Waals surface area (Å²) >= 11 is 5.97. The smallest absolute Gasteiger partial charge is 0.410 e. The SMILES string of the molecule is CCO[C@H]1CN(C(=O)OC(C)(C)C)CC[C@@H]1n1ccc2cnc(Cl)nc21. The van der Waals surface area contributed by atoms with Crippen LogP contribution in [-0.4, -0.2) is 56.9 Å². The van der Waals surface area contributed by atoms with Crippen LogP contribution >= 0.6 is 11.6 Å². The second kappa shape index (κ2) is 7.40. The minimum atomic E-state index is -0.515. The Balaban J connectivity index is 1.82. The summed E-state index contributed by atoms with van der Waals surface area (Å²) in [5.74, 6) is 0. The summed E-state index contributed by atoms with van der Waals surface area (Å²) in [6, 6.07) is 2.03. The number of halogens is 1. The monoisotopic (exact) mass is 380 g/mol. The first-order chi connectivity index (χ1) is 12.3. The first-order valence-corrected chi connectivity index (χ1v) is 9.25. The van der Waals surface area contributed by atoms with Gasteiger partial charge in [-0.1, -0.05) is 0 Å². The molecule has 1 fully saturated rings. The van der Waals surface area contributed by atoms with Gasteiger partial charge in [0.1, 0.15) is 11.2 Å². The zero-order chi connectivity index (χ0) is 18.9. The lowest BCUT2D eigenvalue weighted by molar-refractivity contribution is -0.0381. The molecular formula is C18H25ClN4O3. The van der Waals surface area contributed by atoms with Crippen molar-refractivity contribution < 1.29 is 14.3 Å². The molecule has 2 atom stereocenters. The Morgan fingerprint density at radius 1 is 1.42 bits per heavy atom. The van der Waals surface area contributed by atoms with Crippen LogP contribution in [0.5, 0.6) is 0 Å². The Labute approximate surface area is 158 Å². The van der Waals surface area contributed by atoms with Gasteiger partial charge in [0.05, 0.1) is 18.7 Å². The van der Waals surface area contributed by atoms with Gasteiger partial charge in [0.2, 0.25) is 5.28 Å². The predicted octanol–water partition coefficient (Wildman–Crippen LogP) is 3.67. The van der Waals surface area contributed by atoms with Gasteiger partial charge in [-0.15, -0.1) is 0 Å². The van der Waals surface area contributed by atoms with Crippen LogP contribution in [0.3, 0.4) is 0 Å². The van der Waals surface area contributed by atoms with Crippen molar-refractivity contribution >= 4 is 28.7 Å². The molecule has 0 unspecified atom stereocenters. The van der Waals surface area contributed by atoms with Crippen molar-refractivity contribution in [3.05, 3.63) is 23.7 Å². The first-order valence-electron chi connectivity index (χ1n) is 8.87. The van der Waals surface area contributed by atoms with Gasteiger partial charge in [0.25, 0.3) is 0 Å². The van der Waals surface area contributed by atoms with Gasteiger partial charge in [0, 0.05) is 30.9 Å². The Morgan fingerprint density at radius 3 is 2.88 bits per heavy atom. The molecule has 0 bridgehead atoms. The average molecular weight is 381 g/mol. The van der Waals surface area contributed by atoms with Gasteiger partial charge >= 0.3 is 6.09 Å². The largest absolute Gasteiger partial charge is 0.444 e. The first kappa shape index (κ1) is 18.9. The second-order valence-electron chi connectivity index (χ2n) is 7.42. The predicted molar refractivity (Wildman–Crippen MR) is 99.4 cm³/mol. The molecule has 26 heavy (non-hydrogen) atoms. The van der Waals surface area contributed by atoms with E-state index in [2.05, 4.69) is 14.5 Å². The maximum absolute atomic E-state index is 12.4. The zero-order valence-electron chi connectivity index (χ0n) is 15.6. The van der Waals surface area contributed by atoms with Gasteiger partial charge in [-0.25, -0.2) is 9.78 Å². The van der Waals surface area contributed by atoms with Crippen LogP contribution in [0, 0.1) is 0 Å². The molecule has 0 spiro atoms. The Kier molecular flexibility index (Phi) is 5.39. The third-order valence-corrected chi connectivity index (χ3v) is 4.52. The normalized spacial score (nSPS) is 21.2. The van der Waals surface area contributed by atoms with E-state index in [1.807, 2.05) is 40.0 Å². The van der Waals surface area contributed by atoms with E-state index < -0.39 is 5.60 Å². The van der Waals surface area contributed by atoms with Crippen molar-refractivity contribution in [1.29, 1.82) is 0 Å². The lowest BCUT2D eigenvalue weighted by Crippen LogP contribution is -2.49. The van der Waals surface area contributed by atoms with E-state index in [0.717, 1.165) is 17.5 Å².